The number of carbonyl (C=O) groups excluding carboxylic acids is 4. The van der Waals surface area contributed by atoms with E-state index in [0.717, 1.165) is 0 Å². The Morgan fingerprint density at radius 3 is 2.05 bits per heavy atom. The van der Waals surface area contributed by atoms with Gasteiger partial charge in [0.25, 0.3) is 5.91 Å². The van der Waals surface area contributed by atoms with Gasteiger partial charge < -0.3 is 15.4 Å². The molecule has 9 nitrogen and oxygen atoms in total. The van der Waals surface area contributed by atoms with Crippen LogP contribution in [0.3, 0.4) is 0 Å². The van der Waals surface area contributed by atoms with Crippen LogP contribution in [0.1, 0.15) is 26.3 Å². The van der Waals surface area contributed by atoms with Crippen LogP contribution in [0.4, 0.5) is 11.4 Å². The summed E-state index contributed by atoms with van der Waals surface area (Å²) in [7, 11) is 0. The molecule has 40 heavy (non-hydrogen) atoms. The maximum Gasteiger partial charge on any atom is 0.345 e. The quantitative estimate of drug-likeness (QED) is 0.0876. The molecular weight excluding hydrogens is 555 g/mol. The molecule has 3 amide bonds. The predicted octanol–water partition coefficient (Wildman–Crippen LogP) is 5.55. The molecule has 200 valence electrons. The summed E-state index contributed by atoms with van der Waals surface area (Å²) in [5, 5.41) is 9.68. The summed E-state index contributed by atoms with van der Waals surface area (Å²) in [4.78, 5) is 49.7. The van der Waals surface area contributed by atoms with Gasteiger partial charge in [0.15, 0.2) is 0 Å². The number of carbonyl (C=O) groups is 4. The standard InChI is InChI=1S/C29H20Cl2N4O5/c30-19-11-13-20(14-12-19)33-26(36)23-6-2-4-8-25(23)34-27(37)28(38)35-32-17-18-9-15-21(16-10-18)40-29(39)22-5-1-3-7-24(22)31/h1-17H,(H,33,36)(H,34,37)(H,35,38)/b32-17+. The van der Waals surface area contributed by atoms with Crippen molar-refractivity contribution < 1.29 is 23.9 Å². The van der Waals surface area contributed by atoms with Gasteiger partial charge in [-0.25, -0.2) is 10.2 Å². The number of hydrogen-bond donors (Lipinski definition) is 3. The molecule has 0 spiro atoms. The second-order valence-corrected chi connectivity index (χ2v) is 8.94. The number of nitrogens with one attached hydrogen (secondary N) is 3. The van der Waals surface area contributed by atoms with Gasteiger partial charge in [0, 0.05) is 10.7 Å². The van der Waals surface area contributed by atoms with Gasteiger partial charge in [-0.1, -0.05) is 47.5 Å². The highest BCUT2D eigenvalue weighted by molar-refractivity contribution is 6.40. The van der Waals surface area contributed by atoms with Crippen LogP contribution >= 0.6 is 23.2 Å². The monoisotopic (exact) mass is 574 g/mol. The highest BCUT2D eigenvalue weighted by atomic mass is 35.5. The van der Waals surface area contributed by atoms with Gasteiger partial charge in [0.1, 0.15) is 5.75 Å². The Labute approximate surface area is 238 Å². The summed E-state index contributed by atoms with van der Waals surface area (Å²) in [5.41, 5.74) is 3.72. The smallest absolute Gasteiger partial charge is 0.345 e. The number of benzene rings is 4. The first-order chi connectivity index (χ1) is 19.3. The average Bonchev–Trinajstić information content (AvgIpc) is 2.95. The van der Waals surface area contributed by atoms with Crippen molar-refractivity contribution in [3.8, 4) is 5.75 Å². The molecule has 0 aliphatic rings. The molecule has 0 saturated carbocycles. The van der Waals surface area contributed by atoms with E-state index < -0.39 is 23.7 Å². The molecule has 0 bridgehead atoms. The topological polar surface area (TPSA) is 126 Å². The minimum absolute atomic E-state index is 0.139. The molecule has 0 saturated heterocycles. The Kier molecular flexibility index (Phi) is 9.24. The lowest BCUT2D eigenvalue weighted by Gasteiger charge is -2.11. The third kappa shape index (κ3) is 7.53. The van der Waals surface area contributed by atoms with E-state index in [1.54, 1.807) is 72.8 Å². The van der Waals surface area contributed by atoms with Crippen LogP contribution < -0.4 is 20.8 Å². The first-order valence-corrected chi connectivity index (χ1v) is 12.4. The van der Waals surface area contributed by atoms with E-state index in [9.17, 15) is 19.2 Å². The second-order valence-electron chi connectivity index (χ2n) is 8.10. The molecule has 0 heterocycles. The Balaban J connectivity index is 1.31. The normalized spacial score (nSPS) is 10.6. The fraction of sp³-hybridized carbons (Fsp3) is 0. The third-order valence-electron chi connectivity index (χ3n) is 5.29. The van der Waals surface area contributed by atoms with Crippen molar-refractivity contribution >= 4 is 64.5 Å². The second kappa shape index (κ2) is 13.2. The molecule has 0 radical (unpaired) electrons. The lowest BCUT2D eigenvalue weighted by Crippen LogP contribution is -2.33. The van der Waals surface area contributed by atoms with Gasteiger partial charge in [-0.15, -0.1) is 0 Å². The first kappa shape index (κ1) is 28.0. The largest absolute Gasteiger partial charge is 0.423 e. The zero-order valence-corrected chi connectivity index (χ0v) is 22.1. The van der Waals surface area contributed by atoms with Crippen LogP contribution in [0.25, 0.3) is 0 Å². The van der Waals surface area contributed by atoms with Crippen LogP contribution in [0, 0.1) is 0 Å². The summed E-state index contributed by atoms with van der Waals surface area (Å²) in [6.07, 6.45) is 1.30. The van der Waals surface area contributed by atoms with Gasteiger partial charge in [-0.05, 0) is 78.4 Å². The van der Waals surface area contributed by atoms with Crippen molar-refractivity contribution in [2.45, 2.75) is 0 Å². The molecule has 0 unspecified atom stereocenters. The Hall–Kier alpha value is -4.99. The SMILES string of the molecule is O=C(N/N=C/c1ccc(OC(=O)c2ccccc2Cl)cc1)C(=O)Nc1ccccc1C(=O)Nc1ccc(Cl)cc1. The van der Waals surface area contributed by atoms with E-state index in [-0.39, 0.29) is 27.6 Å². The molecule has 0 atom stereocenters. The molecule has 11 heteroatoms. The van der Waals surface area contributed by atoms with E-state index in [4.69, 9.17) is 27.9 Å². The number of amides is 3. The molecule has 4 rings (SSSR count). The van der Waals surface area contributed by atoms with E-state index in [1.165, 1.54) is 30.5 Å². The van der Waals surface area contributed by atoms with Crippen molar-refractivity contribution in [2.75, 3.05) is 10.6 Å². The number of hydrogen-bond acceptors (Lipinski definition) is 6. The van der Waals surface area contributed by atoms with Crippen LogP contribution in [0.5, 0.6) is 5.75 Å². The number of anilines is 2. The summed E-state index contributed by atoms with van der Waals surface area (Å²) < 4.78 is 5.31. The Morgan fingerprint density at radius 1 is 0.700 bits per heavy atom. The van der Waals surface area contributed by atoms with Gasteiger partial charge in [0.2, 0.25) is 0 Å². The van der Waals surface area contributed by atoms with Crippen molar-refractivity contribution in [1.82, 2.24) is 5.43 Å². The molecule has 4 aromatic carbocycles. The van der Waals surface area contributed by atoms with Crippen molar-refractivity contribution in [3.63, 3.8) is 0 Å². The number of para-hydroxylation sites is 1. The van der Waals surface area contributed by atoms with Gasteiger partial charge in [-0.3, -0.25) is 14.4 Å². The number of esters is 1. The summed E-state index contributed by atoms with van der Waals surface area (Å²) in [6, 6.07) is 25.5. The van der Waals surface area contributed by atoms with Crippen LogP contribution in [0.2, 0.25) is 10.0 Å². The number of hydrazone groups is 1. The number of rotatable bonds is 7. The lowest BCUT2D eigenvalue weighted by atomic mass is 10.1. The number of halogens is 2. The lowest BCUT2D eigenvalue weighted by molar-refractivity contribution is -0.136. The number of ether oxygens (including phenoxy) is 1. The summed E-state index contributed by atoms with van der Waals surface area (Å²) >= 11 is 11.9. The average molecular weight is 575 g/mol. The van der Waals surface area contributed by atoms with E-state index in [1.807, 2.05) is 0 Å². The van der Waals surface area contributed by atoms with Gasteiger partial charge in [-0.2, -0.15) is 5.10 Å². The van der Waals surface area contributed by atoms with E-state index >= 15 is 0 Å². The minimum Gasteiger partial charge on any atom is -0.423 e. The summed E-state index contributed by atoms with van der Waals surface area (Å²) in [5.74, 6) is -2.88. The van der Waals surface area contributed by atoms with Gasteiger partial charge >= 0.3 is 17.8 Å². The summed E-state index contributed by atoms with van der Waals surface area (Å²) in [6.45, 7) is 0. The van der Waals surface area contributed by atoms with Gasteiger partial charge in [0.05, 0.1) is 28.1 Å². The molecule has 0 fully saturated rings. The van der Waals surface area contributed by atoms with Crippen LogP contribution in [-0.2, 0) is 9.59 Å². The maximum atomic E-state index is 12.7. The highest BCUT2D eigenvalue weighted by Crippen LogP contribution is 2.20. The molecule has 0 aromatic heterocycles. The van der Waals surface area contributed by atoms with Crippen molar-refractivity contribution in [3.05, 3.63) is 124 Å². The maximum absolute atomic E-state index is 12.7. The Morgan fingerprint density at radius 2 is 1.35 bits per heavy atom. The fourth-order valence-corrected chi connectivity index (χ4v) is 3.67. The molecule has 0 aliphatic carbocycles. The Bertz CT molecular complexity index is 1590. The number of nitrogens with zero attached hydrogens (tertiary/aromatic N) is 1. The minimum atomic E-state index is -1.05. The zero-order valence-electron chi connectivity index (χ0n) is 20.6. The van der Waals surface area contributed by atoms with Crippen LogP contribution in [0.15, 0.2) is 102 Å². The first-order valence-electron chi connectivity index (χ1n) is 11.7. The predicted molar refractivity (Wildman–Crippen MR) is 153 cm³/mol. The van der Waals surface area contributed by atoms with Crippen LogP contribution in [-0.4, -0.2) is 29.9 Å². The van der Waals surface area contributed by atoms with E-state index in [0.29, 0.717) is 16.3 Å². The molecular formula is C29H20Cl2N4O5. The van der Waals surface area contributed by atoms with E-state index in [2.05, 4.69) is 21.2 Å². The van der Waals surface area contributed by atoms with Crippen molar-refractivity contribution in [2.24, 2.45) is 5.10 Å². The highest BCUT2D eigenvalue weighted by Gasteiger charge is 2.18. The molecule has 0 aliphatic heterocycles. The molecule has 3 N–H and O–H groups in total. The third-order valence-corrected chi connectivity index (χ3v) is 5.87. The zero-order chi connectivity index (χ0) is 28.5. The van der Waals surface area contributed by atoms with Crippen molar-refractivity contribution in [1.29, 1.82) is 0 Å². The molecule has 4 aromatic rings. The fourth-order valence-electron chi connectivity index (χ4n) is 3.33.